The molecule has 0 bridgehead atoms. The summed E-state index contributed by atoms with van der Waals surface area (Å²) in [6.45, 7) is 2.43. The van der Waals surface area contributed by atoms with Gasteiger partial charge in [0.25, 0.3) is 5.91 Å². The van der Waals surface area contributed by atoms with Crippen LogP contribution in [0.15, 0.2) is 109 Å². The number of para-hydroxylation sites is 1. The third kappa shape index (κ3) is 4.26. The molecular weight excluding hydrogens is 464 g/mol. The molecule has 2 amide bonds. The van der Waals surface area contributed by atoms with Crippen LogP contribution in [-0.4, -0.2) is 17.9 Å². The first-order valence-corrected chi connectivity index (χ1v) is 12.3. The molecule has 0 unspecified atom stereocenters. The van der Waals surface area contributed by atoms with Gasteiger partial charge >= 0.3 is 0 Å². The number of benzene rings is 4. The molecule has 2 aliphatic rings. The Bertz CT molecular complexity index is 1410. The van der Waals surface area contributed by atoms with Gasteiger partial charge in [0.15, 0.2) is 6.10 Å². The number of carbonyl (C=O) groups is 2. The summed E-state index contributed by atoms with van der Waals surface area (Å²) in [4.78, 5) is 34.7. The van der Waals surface area contributed by atoms with E-state index in [1.807, 2.05) is 104 Å². The van der Waals surface area contributed by atoms with Crippen LogP contribution in [0.5, 0.6) is 5.75 Å². The fourth-order valence-electron chi connectivity index (χ4n) is 5.00. The van der Waals surface area contributed by atoms with Gasteiger partial charge in [-0.25, -0.2) is 9.96 Å². The van der Waals surface area contributed by atoms with Gasteiger partial charge in [0, 0.05) is 0 Å². The predicted octanol–water partition coefficient (Wildman–Crippen LogP) is 5.63. The molecule has 4 aromatic carbocycles. The van der Waals surface area contributed by atoms with Gasteiger partial charge in [-0.2, -0.15) is 0 Å². The smallest absolute Gasteiger partial charge is 0.266 e. The second-order valence-electron chi connectivity index (χ2n) is 9.35. The standard InChI is InChI=1S/C31H26N2O4/c1-21-12-16-24(17-13-21)32-30(34)27-28(33(37-29(27)31(32)35)25-10-6-3-7-11-25)23-14-18-26(19-15-23)36-20-22-8-4-2-5-9-22/h2-19,27-29H,20H2,1H3/t27-,28+,29-/m0/s1. The van der Waals surface area contributed by atoms with Crippen LogP contribution in [-0.2, 0) is 21.0 Å². The number of anilines is 2. The number of hydrogen-bond donors (Lipinski definition) is 0. The molecule has 6 nitrogen and oxygen atoms in total. The van der Waals surface area contributed by atoms with Crippen LogP contribution in [0.2, 0.25) is 0 Å². The van der Waals surface area contributed by atoms with Gasteiger partial charge in [-0.3, -0.25) is 14.4 Å². The summed E-state index contributed by atoms with van der Waals surface area (Å²) in [5.41, 5.74) is 4.36. The Morgan fingerprint density at radius 3 is 2.05 bits per heavy atom. The van der Waals surface area contributed by atoms with Crippen LogP contribution < -0.4 is 14.7 Å². The summed E-state index contributed by atoms with van der Waals surface area (Å²) in [6, 6.07) is 34.1. The van der Waals surface area contributed by atoms with Crippen molar-refractivity contribution in [3.8, 4) is 5.75 Å². The van der Waals surface area contributed by atoms with Crippen LogP contribution in [0.1, 0.15) is 22.7 Å². The van der Waals surface area contributed by atoms with Crippen molar-refractivity contribution in [3.05, 3.63) is 126 Å². The Labute approximate surface area is 215 Å². The minimum atomic E-state index is -0.895. The van der Waals surface area contributed by atoms with Crippen molar-refractivity contribution in [2.75, 3.05) is 9.96 Å². The van der Waals surface area contributed by atoms with Crippen molar-refractivity contribution >= 4 is 23.2 Å². The van der Waals surface area contributed by atoms with E-state index in [1.165, 1.54) is 4.90 Å². The zero-order chi connectivity index (χ0) is 25.4. The first kappa shape index (κ1) is 23.0. The van der Waals surface area contributed by atoms with Crippen molar-refractivity contribution in [3.63, 3.8) is 0 Å². The molecule has 0 aromatic heterocycles. The van der Waals surface area contributed by atoms with E-state index in [0.29, 0.717) is 12.3 Å². The molecule has 6 rings (SSSR count). The van der Waals surface area contributed by atoms with E-state index in [0.717, 1.165) is 28.1 Å². The fraction of sp³-hybridized carbons (Fsp3) is 0.161. The summed E-state index contributed by atoms with van der Waals surface area (Å²) in [7, 11) is 0. The minimum Gasteiger partial charge on any atom is -0.489 e. The molecular formula is C31H26N2O4. The monoisotopic (exact) mass is 490 g/mol. The van der Waals surface area contributed by atoms with Crippen LogP contribution in [0.25, 0.3) is 0 Å². The molecule has 2 fully saturated rings. The fourth-order valence-corrected chi connectivity index (χ4v) is 5.00. The van der Waals surface area contributed by atoms with Gasteiger partial charge in [0.05, 0.1) is 17.4 Å². The molecule has 2 heterocycles. The molecule has 0 aliphatic carbocycles. The number of aryl methyl sites for hydroxylation is 1. The van der Waals surface area contributed by atoms with E-state index < -0.39 is 18.1 Å². The van der Waals surface area contributed by atoms with Gasteiger partial charge in [-0.05, 0) is 54.4 Å². The zero-order valence-electron chi connectivity index (χ0n) is 20.4. The van der Waals surface area contributed by atoms with E-state index in [2.05, 4.69) is 0 Å². The van der Waals surface area contributed by atoms with E-state index >= 15 is 0 Å². The van der Waals surface area contributed by atoms with Gasteiger partial charge in [-0.1, -0.05) is 78.4 Å². The van der Waals surface area contributed by atoms with Crippen molar-refractivity contribution in [1.82, 2.24) is 0 Å². The van der Waals surface area contributed by atoms with Crippen molar-refractivity contribution in [1.29, 1.82) is 0 Å². The highest BCUT2D eigenvalue weighted by Gasteiger charge is 2.60. The van der Waals surface area contributed by atoms with E-state index in [4.69, 9.17) is 9.57 Å². The van der Waals surface area contributed by atoms with Gasteiger partial charge < -0.3 is 4.74 Å². The molecule has 0 radical (unpaired) electrons. The largest absolute Gasteiger partial charge is 0.489 e. The number of hydrogen-bond acceptors (Lipinski definition) is 5. The molecule has 0 N–H and O–H groups in total. The van der Waals surface area contributed by atoms with Crippen molar-refractivity contribution in [2.24, 2.45) is 5.92 Å². The maximum absolute atomic E-state index is 13.7. The number of hydroxylamine groups is 1. The Balaban J connectivity index is 1.31. The predicted molar refractivity (Wildman–Crippen MR) is 141 cm³/mol. The molecule has 0 spiro atoms. The Morgan fingerprint density at radius 1 is 0.730 bits per heavy atom. The number of carbonyl (C=O) groups excluding carboxylic acids is 2. The lowest BCUT2D eigenvalue weighted by Crippen LogP contribution is -2.37. The van der Waals surface area contributed by atoms with Gasteiger partial charge in [-0.15, -0.1) is 0 Å². The van der Waals surface area contributed by atoms with Crippen molar-refractivity contribution in [2.45, 2.75) is 25.7 Å². The lowest BCUT2D eigenvalue weighted by Gasteiger charge is -2.29. The van der Waals surface area contributed by atoms with Crippen LogP contribution in [0, 0.1) is 12.8 Å². The Kier molecular flexibility index (Phi) is 5.94. The van der Waals surface area contributed by atoms with Crippen LogP contribution in [0.4, 0.5) is 11.4 Å². The molecule has 184 valence electrons. The Hall–Kier alpha value is -4.42. The highest BCUT2D eigenvalue weighted by Crippen LogP contribution is 2.47. The quantitative estimate of drug-likeness (QED) is 0.328. The number of rotatable bonds is 6. The normalized spacial score (nSPS) is 20.8. The maximum atomic E-state index is 13.7. The summed E-state index contributed by atoms with van der Waals surface area (Å²) < 4.78 is 5.96. The zero-order valence-corrected chi connectivity index (χ0v) is 20.4. The average Bonchev–Trinajstić information content (AvgIpc) is 3.45. The molecule has 4 aromatic rings. The first-order valence-electron chi connectivity index (χ1n) is 12.3. The third-order valence-corrected chi connectivity index (χ3v) is 6.89. The number of nitrogens with zero attached hydrogens (tertiary/aromatic N) is 2. The number of fused-ring (bicyclic) bond motifs is 1. The van der Waals surface area contributed by atoms with Gasteiger partial charge in [0.2, 0.25) is 5.91 Å². The first-order chi connectivity index (χ1) is 18.1. The summed E-state index contributed by atoms with van der Waals surface area (Å²) in [5.74, 6) is -0.550. The second kappa shape index (κ2) is 9.56. The summed E-state index contributed by atoms with van der Waals surface area (Å²) in [5, 5.41) is 1.71. The third-order valence-electron chi connectivity index (χ3n) is 6.89. The summed E-state index contributed by atoms with van der Waals surface area (Å²) >= 11 is 0. The SMILES string of the molecule is Cc1ccc(N2C(=O)[C@@H]3[C@H](ON(c4ccccc4)[C@@H]3c3ccc(OCc4ccccc4)cc3)C2=O)cc1. The van der Waals surface area contributed by atoms with Crippen molar-refractivity contribution < 1.29 is 19.2 Å². The van der Waals surface area contributed by atoms with E-state index in [-0.39, 0.29) is 11.8 Å². The highest BCUT2D eigenvalue weighted by molar-refractivity contribution is 6.23. The van der Waals surface area contributed by atoms with Crippen LogP contribution >= 0.6 is 0 Å². The number of amides is 2. The van der Waals surface area contributed by atoms with E-state index in [9.17, 15) is 9.59 Å². The average molecular weight is 491 g/mol. The summed E-state index contributed by atoms with van der Waals surface area (Å²) in [6.07, 6.45) is -0.895. The number of imide groups is 1. The molecule has 2 aliphatic heterocycles. The van der Waals surface area contributed by atoms with Gasteiger partial charge in [0.1, 0.15) is 18.3 Å². The van der Waals surface area contributed by atoms with Crippen LogP contribution in [0.3, 0.4) is 0 Å². The minimum absolute atomic E-state index is 0.258. The molecule has 6 heteroatoms. The Morgan fingerprint density at radius 2 is 1.38 bits per heavy atom. The second-order valence-corrected chi connectivity index (χ2v) is 9.35. The maximum Gasteiger partial charge on any atom is 0.266 e. The molecule has 37 heavy (non-hydrogen) atoms. The molecule has 3 atom stereocenters. The van der Waals surface area contributed by atoms with E-state index in [1.54, 1.807) is 17.2 Å². The molecule has 2 saturated heterocycles. The lowest BCUT2D eigenvalue weighted by atomic mass is 9.90. The number of ether oxygens (including phenoxy) is 1. The highest BCUT2D eigenvalue weighted by atomic mass is 16.7. The molecule has 0 saturated carbocycles. The topological polar surface area (TPSA) is 59.1 Å². The lowest BCUT2D eigenvalue weighted by molar-refractivity contribution is -0.126.